The largest absolute Gasteiger partial charge is 0.495 e. The fourth-order valence-corrected chi connectivity index (χ4v) is 4.91. The van der Waals surface area contributed by atoms with E-state index >= 15 is 0 Å². The summed E-state index contributed by atoms with van der Waals surface area (Å²) in [6.45, 7) is 3.95. The monoisotopic (exact) mass is 502 g/mol. The van der Waals surface area contributed by atoms with Gasteiger partial charge in [0.15, 0.2) is 0 Å². The predicted molar refractivity (Wildman–Crippen MR) is 133 cm³/mol. The standard InChI is InChI=1S/C25H27ClN2O5S/c1-18-8-7-11-23(19(18)2)33-15-14-27-25(29)17-28(22-16-20(26)12-13-24(22)32-3)34(30,31)21-9-5-4-6-10-21/h4-13,16H,14-15,17H2,1-3H3,(H,27,29). The molecule has 0 bridgehead atoms. The van der Waals surface area contributed by atoms with Gasteiger partial charge in [0.05, 0.1) is 24.2 Å². The van der Waals surface area contributed by atoms with Crippen LogP contribution in [0.25, 0.3) is 0 Å². The van der Waals surface area contributed by atoms with Gasteiger partial charge < -0.3 is 14.8 Å². The fourth-order valence-electron chi connectivity index (χ4n) is 3.30. The number of methoxy groups -OCH3 is 1. The van der Waals surface area contributed by atoms with E-state index in [0.717, 1.165) is 21.2 Å². The van der Waals surface area contributed by atoms with Gasteiger partial charge in [-0.25, -0.2) is 8.42 Å². The zero-order valence-corrected chi connectivity index (χ0v) is 20.8. The second kappa shape index (κ2) is 11.3. The molecule has 0 atom stereocenters. The van der Waals surface area contributed by atoms with Crippen molar-refractivity contribution in [3.05, 3.63) is 82.9 Å². The van der Waals surface area contributed by atoms with Crippen LogP contribution in [-0.4, -0.2) is 41.1 Å². The maximum absolute atomic E-state index is 13.5. The third kappa shape index (κ3) is 6.01. The van der Waals surface area contributed by atoms with Crippen LogP contribution in [0.15, 0.2) is 71.6 Å². The Morgan fingerprint density at radius 1 is 1.00 bits per heavy atom. The summed E-state index contributed by atoms with van der Waals surface area (Å²) >= 11 is 6.14. The third-order valence-electron chi connectivity index (χ3n) is 5.26. The van der Waals surface area contributed by atoms with Crippen LogP contribution >= 0.6 is 11.6 Å². The van der Waals surface area contributed by atoms with E-state index in [1.807, 2.05) is 32.0 Å². The van der Waals surface area contributed by atoms with Crippen LogP contribution in [0.1, 0.15) is 11.1 Å². The number of sulfonamides is 1. The van der Waals surface area contributed by atoms with Crippen molar-refractivity contribution in [3.63, 3.8) is 0 Å². The van der Waals surface area contributed by atoms with E-state index in [0.29, 0.717) is 5.02 Å². The van der Waals surface area contributed by atoms with Crippen molar-refractivity contribution in [2.45, 2.75) is 18.7 Å². The van der Waals surface area contributed by atoms with Crippen LogP contribution in [0, 0.1) is 13.8 Å². The van der Waals surface area contributed by atoms with Crippen molar-refractivity contribution in [3.8, 4) is 11.5 Å². The van der Waals surface area contributed by atoms with Crippen molar-refractivity contribution < 1.29 is 22.7 Å². The number of hydrogen-bond acceptors (Lipinski definition) is 5. The zero-order chi connectivity index (χ0) is 24.7. The molecule has 0 aliphatic heterocycles. The molecule has 0 spiro atoms. The topological polar surface area (TPSA) is 84.9 Å². The Bertz CT molecular complexity index is 1250. The maximum Gasteiger partial charge on any atom is 0.264 e. The summed E-state index contributed by atoms with van der Waals surface area (Å²) in [7, 11) is -2.66. The van der Waals surface area contributed by atoms with Gasteiger partial charge in [0.2, 0.25) is 5.91 Å². The Labute approximate surface area is 205 Å². The first-order valence-electron chi connectivity index (χ1n) is 10.6. The summed E-state index contributed by atoms with van der Waals surface area (Å²) in [6.07, 6.45) is 0. The fraction of sp³-hybridized carbons (Fsp3) is 0.240. The molecule has 3 aromatic rings. The molecule has 0 heterocycles. The van der Waals surface area contributed by atoms with Crippen LogP contribution < -0.4 is 19.1 Å². The minimum absolute atomic E-state index is 0.0445. The smallest absolute Gasteiger partial charge is 0.264 e. The van der Waals surface area contributed by atoms with E-state index in [4.69, 9.17) is 21.1 Å². The number of anilines is 1. The van der Waals surface area contributed by atoms with Crippen molar-refractivity contribution in [2.75, 3.05) is 31.1 Å². The molecule has 34 heavy (non-hydrogen) atoms. The highest BCUT2D eigenvalue weighted by Gasteiger charge is 2.29. The SMILES string of the molecule is COc1ccc(Cl)cc1N(CC(=O)NCCOc1cccc(C)c1C)S(=O)(=O)c1ccccc1. The summed E-state index contributed by atoms with van der Waals surface area (Å²) < 4.78 is 39.0. The van der Waals surface area contributed by atoms with E-state index in [1.165, 1.54) is 25.3 Å². The lowest BCUT2D eigenvalue weighted by molar-refractivity contribution is -0.119. The van der Waals surface area contributed by atoms with Gasteiger partial charge >= 0.3 is 0 Å². The second-order valence-electron chi connectivity index (χ2n) is 7.54. The normalized spacial score (nSPS) is 11.1. The Kier molecular flexibility index (Phi) is 8.41. The number of nitrogens with one attached hydrogen (secondary N) is 1. The molecule has 7 nitrogen and oxygen atoms in total. The Morgan fingerprint density at radius 2 is 1.74 bits per heavy atom. The first kappa shape index (κ1) is 25.4. The zero-order valence-electron chi connectivity index (χ0n) is 19.2. The highest BCUT2D eigenvalue weighted by molar-refractivity contribution is 7.92. The minimum Gasteiger partial charge on any atom is -0.495 e. The van der Waals surface area contributed by atoms with Crippen molar-refractivity contribution in [2.24, 2.45) is 0 Å². The van der Waals surface area contributed by atoms with Gasteiger partial charge in [-0.1, -0.05) is 41.9 Å². The molecule has 0 aliphatic rings. The van der Waals surface area contributed by atoms with Crippen molar-refractivity contribution in [1.82, 2.24) is 5.32 Å². The number of benzene rings is 3. The van der Waals surface area contributed by atoms with Crippen LogP contribution in [0.4, 0.5) is 5.69 Å². The Balaban J connectivity index is 1.77. The quantitative estimate of drug-likeness (QED) is 0.416. The highest BCUT2D eigenvalue weighted by Crippen LogP contribution is 2.34. The summed E-state index contributed by atoms with van der Waals surface area (Å²) in [5, 5.41) is 3.03. The van der Waals surface area contributed by atoms with Gasteiger partial charge in [-0.05, 0) is 61.4 Å². The Morgan fingerprint density at radius 3 is 2.44 bits per heavy atom. The van der Waals surface area contributed by atoms with Crippen LogP contribution in [0.5, 0.6) is 11.5 Å². The summed E-state index contributed by atoms with van der Waals surface area (Å²) in [5.41, 5.74) is 2.31. The van der Waals surface area contributed by atoms with Crippen LogP contribution in [0.3, 0.4) is 0 Å². The molecule has 0 saturated carbocycles. The molecular formula is C25H27ClN2O5S. The molecule has 3 aromatic carbocycles. The average Bonchev–Trinajstić information content (AvgIpc) is 2.83. The molecule has 0 fully saturated rings. The molecule has 1 amide bonds. The molecule has 180 valence electrons. The number of hydrogen-bond donors (Lipinski definition) is 1. The van der Waals surface area contributed by atoms with Gasteiger partial charge in [0, 0.05) is 5.02 Å². The number of rotatable bonds is 10. The predicted octanol–water partition coefficient (Wildman–Crippen LogP) is 4.36. The van der Waals surface area contributed by atoms with E-state index in [1.54, 1.807) is 30.3 Å². The third-order valence-corrected chi connectivity index (χ3v) is 7.27. The molecule has 0 aromatic heterocycles. The van der Waals surface area contributed by atoms with E-state index < -0.39 is 22.5 Å². The number of carbonyl (C=O) groups is 1. The average molecular weight is 503 g/mol. The maximum atomic E-state index is 13.5. The lowest BCUT2D eigenvalue weighted by Crippen LogP contribution is -2.42. The molecule has 1 N–H and O–H groups in total. The number of ether oxygens (including phenoxy) is 2. The number of nitrogens with zero attached hydrogens (tertiary/aromatic N) is 1. The van der Waals surface area contributed by atoms with Gasteiger partial charge in [-0.3, -0.25) is 9.10 Å². The summed E-state index contributed by atoms with van der Waals surface area (Å²) in [6, 6.07) is 18.2. The van der Waals surface area contributed by atoms with Crippen LogP contribution in [-0.2, 0) is 14.8 Å². The Hall–Kier alpha value is -3.23. The number of carbonyl (C=O) groups excluding carboxylic acids is 1. The van der Waals surface area contributed by atoms with Gasteiger partial charge in [-0.2, -0.15) is 0 Å². The first-order chi connectivity index (χ1) is 16.2. The van der Waals surface area contributed by atoms with Crippen molar-refractivity contribution in [1.29, 1.82) is 0 Å². The van der Waals surface area contributed by atoms with Gasteiger partial charge in [0.25, 0.3) is 10.0 Å². The highest BCUT2D eigenvalue weighted by atomic mass is 35.5. The minimum atomic E-state index is -4.08. The van der Waals surface area contributed by atoms with Crippen LogP contribution in [0.2, 0.25) is 5.02 Å². The first-order valence-corrected chi connectivity index (χ1v) is 12.4. The summed E-state index contributed by atoms with van der Waals surface area (Å²) in [4.78, 5) is 12.8. The van der Waals surface area contributed by atoms with E-state index in [-0.39, 0.29) is 29.5 Å². The number of halogens is 1. The van der Waals surface area contributed by atoms with Gasteiger partial charge in [-0.15, -0.1) is 0 Å². The molecule has 0 aliphatic carbocycles. The molecule has 0 radical (unpaired) electrons. The molecule has 0 saturated heterocycles. The molecule has 9 heteroatoms. The summed E-state index contributed by atoms with van der Waals surface area (Å²) in [5.74, 6) is 0.521. The van der Waals surface area contributed by atoms with E-state index in [9.17, 15) is 13.2 Å². The lowest BCUT2D eigenvalue weighted by atomic mass is 10.1. The van der Waals surface area contributed by atoms with Gasteiger partial charge in [0.1, 0.15) is 24.7 Å². The molecular weight excluding hydrogens is 476 g/mol. The number of aryl methyl sites for hydroxylation is 1. The second-order valence-corrected chi connectivity index (χ2v) is 9.84. The van der Waals surface area contributed by atoms with E-state index in [2.05, 4.69) is 5.32 Å². The van der Waals surface area contributed by atoms with Crippen molar-refractivity contribution >= 4 is 33.2 Å². The molecule has 0 unspecified atom stereocenters. The molecule has 3 rings (SSSR count). The lowest BCUT2D eigenvalue weighted by Gasteiger charge is -2.26. The number of amides is 1.